The van der Waals surface area contributed by atoms with Gasteiger partial charge in [-0.05, 0) is 61.3 Å². The second kappa shape index (κ2) is 13.4. The monoisotopic (exact) mass is 542 g/mol. The van der Waals surface area contributed by atoms with Crippen molar-refractivity contribution in [2.24, 2.45) is 0 Å². The Bertz CT molecular complexity index is 885. The highest BCUT2D eigenvalue weighted by Gasteiger charge is 2.42. The summed E-state index contributed by atoms with van der Waals surface area (Å²) in [6.07, 6.45) is -0.356. The van der Waals surface area contributed by atoms with Gasteiger partial charge in [-0.1, -0.05) is 13.8 Å². The number of carbonyl (C=O) groups is 2. The number of hydrogen-bond donors (Lipinski definition) is 1. The minimum absolute atomic E-state index is 0.109. The smallest absolute Gasteiger partial charge is 0.270 e. The maximum atomic E-state index is 13.6. The van der Waals surface area contributed by atoms with Gasteiger partial charge in [-0.15, -0.1) is 4.37 Å². The number of anilines is 1. The zero-order valence-corrected chi connectivity index (χ0v) is 24.8. The van der Waals surface area contributed by atoms with Gasteiger partial charge in [0.2, 0.25) is 5.82 Å². The first-order valence-electron chi connectivity index (χ1n) is 13.2. The van der Waals surface area contributed by atoms with Crippen molar-refractivity contribution >= 4 is 29.1 Å². The van der Waals surface area contributed by atoms with E-state index in [0.29, 0.717) is 44.3 Å². The van der Waals surface area contributed by atoms with E-state index in [-0.39, 0.29) is 23.7 Å². The predicted octanol–water partition coefficient (Wildman–Crippen LogP) is 3.43. The lowest BCUT2D eigenvalue weighted by atomic mass is 9.92. The molecule has 0 bridgehead atoms. The van der Waals surface area contributed by atoms with E-state index in [1.165, 1.54) is 6.92 Å². The highest BCUT2D eigenvalue weighted by molar-refractivity contribution is 6.99. The molecule has 1 saturated heterocycles. The topological polar surface area (TPSA) is 112 Å². The van der Waals surface area contributed by atoms with Gasteiger partial charge < -0.3 is 29.2 Å². The van der Waals surface area contributed by atoms with Gasteiger partial charge in [0, 0.05) is 25.2 Å². The van der Waals surface area contributed by atoms with Gasteiger partial charge in [0.25, 0.3) is 5.88 Å². The van der Waals surface area contributed by atoms with Crippen LogP contribution < -0.4 is 15.0 Å². The van der Waals surface area contributed by atoms with Crippen molar-refractivity contribution < 1.29 is 28.5 Å². The van der Waals surface area contributed by atoms with Crippen LogP contribution in [0.15, 0.2) is 0 Å². The first-order chi connectivity index (χ1) is 17.2. The Morgan fingerprint density at radius 3 is 2.22 bits per heavy atom. The molecule has 2 rings (SSSR count). The summed E-state index contributed by atoms with van der Waals surface area (Å²) in [7, 11) is 0. The van der Waals surface area contributed by atoms with Gasteiger partial charge in [0.15, 0.2) is 11.6 Å². The summed E-state index contributed by atoms with van der Waals surface area (Å²) in [6, 6.07) is 0. The fraction of sp³-hybridized carbons (Fsp3) is 0.846. The molecule has 2 heterocycles. The first-order valence-corrected chi connectivity index (χ1v) is 13.9. The molecule has 1 aromatic heterocycles. The maximum absolute atomic E-state index is 13.6. The first kappa shape index (κ1) is 31.6. The summed E-state index contributed by atoms with van der Waals surface area (Å²) in [6.45, 7) is 20.0. The number of aromatic nitrogens is 2. The van der Waals surface area contributed by atoms with Crippen molar-refractivity contribution in [1.29, 1.82) is 0 Å². The second-order valence-corrected chi connectivity index (χ2v) is 11.6. The maximum Gasteiger partial charge on any atom is 0.270 e. The molecule has 0 amide bonds. The Balaban J connectivity index is 2.17. The fourth-order valence-corrected chi connectivity index (χ4v) is 4.45. The fourth-order valence-electron chi connectivity index (χ4n) is 3.93. The number of ether oxygens (including phenoxy) is 4. The largest absolute Gasteiger partial charge is 0.472 e. The molecule has 212 valence electrons. The Morgan fingerprint density at radius 1 is 1.05 bits per heavy atom. The number of nitrogens with zero attached hydrogens (tertiary/aromatic N) is 3. The molecule has 11 heteroatoms. The van der Waals surface area contributed by atoms with Crippen LogP contribution >= 0.6 is 11.7 Å². The Hall–Kier alpha value is -1.66. The van der Waals surface area contributed by atoms with Crippen LogP contribution in [-0.4, -0.2) is 88.7 Å². The predicted molar refractivity (Wildman–Crippen MR) is 145 cm³/mol. The number of rotatable bonds is 15. The highest BCUT2D eigenvalue weighted by atomic mass is 32.1. The van der Waals surface area contributed by atoms with Crippen LogP contribution in [0, 0.1) is 0 Å². The molecule has 37 heavy (non-hydrogen) atoms. The van der Waals surface area contributed by atoms with Crippen molar-refractivity contribution in [2.75, 3.05) is 44.4 Å². The molecule has 1 aliphatic rings. The molecule has 1 N–H and O–H groups in total. The molecular formula is C26H46N4O6S. The van der Waals surface area contributed by atoms with Gasteiger partial charge in [-0.25, -0.2) is 0 Å². The van der Waals surface area contributed by atoms with Crippen molar-refractivity contribution in [3.8, 4) is 5.88 Å². The molecule has 0 radical (unpaired) electrons. The number of morpholine rings is 1. The Morgan fingerprint density at radius 2 is 1.68 bits per heavy atom. The van der Waals surface area contributed by atoms with Crippen LogP contribution in [0.3, 0.4) is 0 Å². The molecule has 1 aromatic rings. The zero-order chi connectivity index (χ0) is 27.9. The molecule has 0 saturated carbocycles. The number of nitrogens with one attached hydrogen (secondary N) is 1. The van der Waals surface area contributed by atoms with Gasteiger partial charge in [-0.3, -0.25) is 9.59 Å². The van der Waals surface area contributed by atoms with E-state index in [1.807, 2.05) is 13.8 Å². The summed E-state index contributed by atoms with van der Waals surface area (Å²) in [5.74, 6) is 0.844. The van der Waals surface area contributed by atoms with Gasteiger partial charge in [0.05, 0.1) is 24.9 Å². The number of hydrogen-bond acceptors (Lipinski definition) is 11. The van der Waals surface area contributed by atoms with Crippen LogP contribution in [0.4, 0.5) is 5.82 Å². The Labute approximate surface area is 226 Å². The van der Waals surface area contributed by atoms with Crippen LogP contribution in [-0.2, 0) is 23.8 Å². The van der Waals surface area contributed by atoms with Crippen molar-refractivity contribution in [1.82, 2.24) is 14.1 Å². The summed E-state index contributed by atoms with van der Waals surface area (Å²) >= 11 is 1.10. The van der Waals surface area contributed by atoms with Crippen LogP contribution in [0.5, 0.6) is 5.88 Å². The lowest BCUT2D eigenvalue weighted by molar-refractivity contribution is -0.175. The highest BCUT2D eigenvalue weighted by Crippen LogP contribution is 2.29. The molecule has 1 fully saturated rings. The minimum atomic E-state index is -1.13. The SMILES string of the molecule is CCC(C)(O[C@@H](C)C(=O)C(C)(CC)O[C@@H](CNC(C)(C)C)COc1nsnc1N1CCOCC1)C(C)=O. The van der Waals surface area contributed by atoms with Crippen molar-refractivity contribution in [2.45, 2.75) is 104 Å². The molecule has 0 aromatic carbocycles. The van der Waals surface area contributed by atoms with Crippen molar-refractivity contribution in [3.63, 3.8) is 0 Å². The summed E-state index contributed by atoms with van der Waals surface area (Å²) in [5.41, 5.74) is -2.31. The van der Waals surface area contributed by atoms with Crippen LogP contribution in [0.2, 0.25) is 0 Å². The normalized spacial score (nSPS) is 19.5. The number of Topliss-reactive ketones (excluding diaryl/α,β-unsaturated/α-hetero) is 2. The van der Waals surface area contributed by atoms with Gasteiger partial charge in [0.1, 0.15) is 30.0 Å². The van der Waals surface area contributed by atoms with Gasteiger partial charge >= 0.3 is 0 Å². The average Bonchev–Trinajstić information content (AvgIpc) is 3.33. The lowest BCUT2D eigenvalue weighted by Crippen LogP contribution is -2.53. The molecule has 0 spiro atoms. The lowest BCUT2D eigenvalue weighted by Gasteiger charge is -2.37. The summed E-state index contributed by atoms with van der Waals surface area (Å²) in [4.78, 5) is 27.8. The summed E-state index contributed by atoms with van der Waals surface area (Å²) < 4.78 is 32.8. The third kappa shape index (κ3) is 8.95. The average molecular weight is 543 g/mol. The minimum Gasteiger partial charge on any atom is -0.472 e. The van der Waals surface area contributed by atoms with Crippen LogP contribution in [0.25, 0.3) is 0 Å². The molecule has 4 atom stereocenters. The molecule has 1 aliphatic heterocycles. The standard InChI is InChI=1S/C26H46N4O6S/c1-10-25(8,19(4)31)35-18(3)21(32)26(9,11-2)36-20(16-27-24(5,6)7)17-34-23-22(28-37-29-23)30-12-14-33-15-13-30/h18,20,27H,10-17H2,1-9H3/t18-,20-,25?,26?/m0/s1. The summed E-state index contributed by atoms with van der Waals surface area (Å²) in [5, 5.41) is 3.45. The number of carbonyl (C=O) groups excluding carboxylic acids is 2. The van der Waals surface area contributed by atoms with E-state index in [2.05, 4.69) is 39.7 Å². The van der Waals surface area contributed by atoms with E-state index in [1.54, 1.807) is 20.8 Å². The van der Waals surface area contributed by atoms with E-state index < -0.39 is 23.4 Å². The van der Waals surface area contributed by atoms with Crippen LogP contribution in [0.1, 0.15) is 75.2 Å². The second-order valence-electron chi connectivity index (χ2n) is 11.0. The van der Waals surface area contributed by atoms with Crippen molar-refractivity contribution in [3.05, 3.63) is 0 Å². The van der Waals surface area contributed by atoms with E-state index in [4.69, 9.17) is 18.9 Å². The quantitative estimate of drug-likeness (QED) is 0.354. The molecule has 10 nitrogen and oxygen atoms in total. The van der Waals surface area contributed by atoms with E-state index in [9.17, 15) is 9.59 Å². The molecule has 2 unspecified atom stereocenters. The Kier molecular flexibility index (Phi) is 11.4. The zero-order valence-electron chi connectivity index (χ0n) is 24.0. The third-order valence-corrected chi connectivity index (χ3v) is 7.37. The number of ketones is 2. The molecular weight excluding hydrogens is 496 g/mol. The van der Waals surface area contributed by atoms with E-state index >= 15 is 0 Å². The third-order valence-electron chi connectivity index (χ3n) is 6.87. The van der Waals surface area contributed by atoms with E-state index in [0.717, 1.165) is 24.8 Å². The van der Waals surface area contributed by atoms with Gasteiger partial charge in [-0.2, -0.15) is 4.37 Å². The molecule has 0 aliphatic carbocycles.